The summed E-state index contributed by atoms with van der Waals surface area (Å²) in [6.07, 6.45) is 1.94. The van der Waals surface area contributed by atoms with Crippen molar-refractivity contribution in [3.63, 3.8) is 0 Å². The minimum atomic E-state index is -1.07. The lowest BCUT2D eigenvalue weighted by Gasteiger charge is -2.33. The van der Waals surface area contributed by atoms with Crippen LogP contribution in [0.3, 0.4) is 0 Å². The van der Waals surface area contributed by atoms with Crippen molar-refractivity contribution in [2.45, 2.75) is 57.4 Å². The summed E-state index contributed by atoms with van der Waals surface area (Å²) >= 11 is 1.74. The van der Waals surface area contributed by atoms with Gasteiger partial charge >= 0.3 is 5.97 Å². The first kappa shape index (κ1) is 18.8. The molecule has 0 aliphatic carbocycles. The Bertz CT molecular complexity index is 584. The molecule has 1 amide bonds. The molecule has 0 atom stereocenters. The van der Waals surface area contributed by atoms with E-state index in [1.807, 2.05) is 0 Å². The molecule has 0 radical (unpaired) electrons. The van der Waals surface area contributed by atoms with Crippen molar-refractivity contribution in [3.8, 4) is 0 Å². The van der Waals surface area contributed by atoms with Gasteiger partial charge in [-0.3, -0.25) is 4.79 Å². The molecule has 1 aromatic rings. The van der Waals surface area contributed by atoms with E-state index in [4.69, 9.17) is 0 Å². The number of hydrogen-bond acceptors (Lipinski definition) is 3. The van der Waals surface area contributed by atoms with Gasteiger partial charge in [0.1, 0.15) is 5.54 Å². The molecule has 0 spiro atoms. The Hall–Kier alpha value is -1.49. The van der Waals surface area contributed by atoms with Crippen LogP contribution in [0.15, 0.2) is 24.3 Å². The Labute approximate surface area is 148 Å². The summed E-state index contributed by atoms with van der Waals surface area (Å²) in [5, 5.41) is 12.3. The molecule has 1 aliphatic rings. The molecule has 24 heavy (non-hydrogen) atoms. The van der Waals surface area contributed by atoms with E-state index in [2.05, 4.69) is 50.4 Å². The van der Waals surface area contributed by atoms with Gasteiger partial charge in [0.2, 0.25) is 5.91 Å². The lowest BCUT2D eigenvalue weighted by atomic mass is 9.86. The standard InChI is InChI=1S/C19H27NO3S/c1-18(2,3)15-7-4-14(5-8-15)6-9-16(21)20-19(17(22)23)10-12-24-13-11-19/h4-5,7-8H,6,9-13H2,1-3H3,(H,20,21)(H,22,23). The third-order valence-corrected chi connectivity index (χ3v) is 5.58. The largest absolute Gasteiger partial charge is 0.480 e. The number of benzene rings is 1. The maximum absolute atomic E-state index is 12.2. The van der Waals surface area contributed by atoms with Gasteiger partial charge in [0, 0.05) is 6.42 Å². The number of hydrogen-bond donors (Lipinski definition) is 2. The molecule has 2 N–H and O–H groups in total. The van der Waals surface area contributed by atoms with E-state index in [0.29, 0.717) is 25.7 Å². The van der Waals surface area contributed by atoms with Crippen molar-refractivity contribution in [2.75, 3.05) is 11.5 Å². The van der Waals surface area contributed by atoms with Crippen LogP contribution in [-0.4, -0.2) is 34.0 Å². The summed E-state index contributed by atoms with van der Waals surface area (Å²) in [7, 11) is 0. The maximum atomic E-state index is 12.2. The smallest absolute Gasteiger partial charge is 0.329 e. The molecule has 5 heteroatoms. The summed E-state index contributed by atoms with van der Waals surface area (Å²) < 4.78 is 0. The van der Waals surface area contributed by atoms with Crippen LogP contribution in [0.1, 0.15) is 51.2 Å². The summed E-state index contributed by atoms with van der Waals surface area (Å²) in [5.41, 5.74) is 1.41. The van der Waals surface area contributed by atoms with Crippen LogP contribution in [0.5, 0.6) is 0 Å². The topological polar surface area (TPSA) is 66.4 Å². The zero-order chi connectivity index (χ0) is 17.8. The van der Waals surface area contributed by atoms with Gasteiger partial charge in [-0.2, -0.15) is 11.8 Å². The van der Waals surface area contributed by atoms with Gasteiger partial charge in [-0.25, -0.2) is 4.79 Å². The molecule has 4 nitrogen and oxygen atoms in total. The van der Waals surface area contributed by atoms with Gasteiger partial charge in [0.15, 0.2) is 0 Å². The summed E-state index contributed by atoms with van der Waals surface area (Å²) in [6.45, 7) is 6.51. The van der Waals surface area contributed by atoms with Crippen molar-refractivity contribution < 1.29 is 14.7 Å². The number of rotatable bonds is 5. The molecule has 0 bridgehead atoms. The van der Waals surface area contributed by atoms with Crippen molar-refractivity contribution in [1.29, 1.82) is 0 Å². The highest BCUT2D eigenvalue weighted by atomic mass is 32.2. The van der Waals surface area contributed by atoms with E-state index in [1.165, 1.54) is 5.56 Å². The van der Waals surface area contributed by atoms with Gasteiger partial charge in [-0.1, -0.05) is 45.0 Å². The number of carboxylic acids is 1. The molecular weight excluding hydrogens is 322 g/mol. The SMILES string of the molecule is CC(C)(C)c1ccc(CCC(=O)NC2(C(=O)O)CCSCC2)cc1. The van der Waals surface area contributed by atoms with Gasteiger partial charge in [0.25, 0.3) is 0 Å². The average Bonchev–Trinajstić information content (AvgIpc) is 2.53. The van der Waals surface area contributed by atoms with Crippen LogP contribution < -0.4 is 5.32 Å². The van der Waals surface area contributed by atoms with E-state index in [-0.39, 0.29) is 11.3 Å². The third kappa shape index (κ3) is 4.76. The number of thioether (sulfide) groups is 1. The summed E-state index contributed by atoms with van der Waals surface area (Å²) in [6, 6.07) is 8.31. The first-order valence-electron chi connectivity index (χ1n) is 8.44. The second-order valence-electron chi connectivity index (χ2n) is 7.49. The van der Waals surface area contributed by atoms with Crippen LogP contribution >= 0.6 is 11.8 Å². The Balaban J connectivity index is 1.91. The Kier molecular flexibility index (Phi) is 5.97. The van der Waals surface area contributed by atoms with E-state index < -0.39 is 11.5 Å². The van der Waals surface area contributed by atoms with Crippen LogP contribution in [0, 0.1) is 0 Å². The first-order valence-corrected chi connectivity index (χ1v) is 9.60. The van der Waals surface area contributed by atoms with Crippen molar-refractivity contribution in [3.05, 3.63) is 35.4 Å². The molecule has 2 rings (SSSR count). The monoisotopic (exact) mass is 349 g/mol. The molecule has 0 aromatic heterocycles. The fourth-order valence-corrected chi connectivity index (χ4v) is 4.06. The molecule has 1 fully saturated rings. The molecule has 1 saturated heterocycles. The predicted molar refractivity (Wildman–Crippen MR) is 98.5 cm³/mol. The fraction of sp³-hybridized carbons (Fsp3) is 0.579. The number of nitrogens with one attached hydrogen (secondary N) is 1. The second-order valence-corrected chi connectivity index (χ2v) is 8.72. The highest BCUT2D eigenvalue weighted by Gasteiger charge is 2.41. The second kappa shape index (κ2) is 7.60. The van der Waals surface area contributed by atoms with Crippen molar-refractivity contribution in [2.24, 2.45) is 0 Å². The molecule has 0 unspecified atom stereocenters. The van der Waals surface area contributed by atoms with Crippen molar-refractivity contribution >= 4 is 23.6 Å². The number of carbonyl (C=O) groups is 2. The van der Waals surface area contributed by atoms with E-state index in [9.17, 15) is 14.7 Å². The zero-order valence-corrected chi connectivity index (χ0v) is 15.5. The van der Waals surface area contributed by atoms with Gasteiger partial charge in [0.05, 0.1) is 0 Å². The van der Waals surface area contributed by atoms with Crippen LogP contribution in [-0.2, 0) is 21.4 Å². The van der Waals surface area contributed by atoms with Gasteiger partial charge in [-0.05, 0) is 47.3 Å². The molecule has 132 valence electrons. The van der Waals surface area contributed by atoms with E-state index >= 15 is 0 Å². The number of carbonyl (C=O) groups excluding carboxylic acids is 1. The fourth-order valence-electron chi connectivity index (χ4n) is 2.87. The normalized spacial score (nSPS) is 17.3. The number of aliphatic carboxylic acids is 1. The van der Waals surface area contributed by atoms with Crippen LogP contribution in [0.2, 0.25) is 0 Å². The summed E-state index contributed by atoms with van der Waals surface area (Å²) in [5.74, 6) is 0.469. The quantitative estimate of drug-likeness (QED) is 0.855. The average molecular weight is 349 g/mol. The summed E-state index contributed by atoms with van der Waals surface area (Å²) in [4.78, 5) is 23.8. The Morgan fingerprint density at radius 2 is 1.75 bits per heavy atom. The highest BCUT2D eigenvalue weighted by Crippen LogP contribution is 2.27. The molecule has 1 heterocycles. The van der Waals surface area contributed by atoms with E-state index in [1.54, 1.807) is 11.8 Å². The molecular formula is C19H27NO3S. The Morgan fingerprint density at radius 1 is 1.17 bits per heavy atom. The number of carboxylic acid groups (broad SMARTS) is 1. The van der Waals surface area contributed by atoms with Crippen LogP contribution in [0.4, 0.5) is 0 Å². The predicted octanol–water partition coefficient (Wildman–Crippen LogP) is 3.38. The van der Waals surface area contributed by atoms with E-state index in [0.717, 1.165) is 17.1 Å². The van der Waals surface area contributed by atoms with Gasteiger partial charge in [-0.15, -0.1) is 0 Å². The number of amides is 1. The third-order valence-electron chi connectivity index (χ3n) is 4.60. The molecule has 1 aliphatic heterocycles. The van der Waals surface area contributed by atoms with Crippen molar-refractivity contribution in [1.82, 2.24) is 5.32 Å². The van der Waals surface area contributed by atoms with Crippen LogP contribution in [0.25, 0.3) is 0 Å². The lowest BCUT2D eigenvalue weighted by Crippen LogP contribution is -2.56. The van der Waals surface area contributed by atoms with Gasteiger partial charge < -0.3 is 10.4 Å². The lowest BCUT2D eigenvalue weighted by molar-refractivity contribution is -0.148. The molecule has 0 saturated carbocycles. The maximum Gasteiger partial charge on any atom is 0.329 e. The minimum absolute atomic E-state index is 0.114. The number of aryl methyl sites for hydroxylation is 1. The Morgan fingerprint density at radius 3 is 2.25 bits per heavy atom. The molecule has 1 aromatic carbocycles. The minimum Gasteiger partial charge on any atom is -0.480 e. The first-order chi connectivity index (χ1) is 11.2. The zero-order valence-electron chi connectivity index (χ0n) is 14.7. The highest BCUT2D eigenvalue weighted by molar-refractivity contribution is 7.99.